The topological polar surface area (TPSA) is 71.4 Å². The van der Waals surface area contributed by atoms with Crippen LogP contribution in [0.2, 0.25) is 0 Å². The highest BCUT2D eigenvalue weighted by Crippen LogP contribution is 2.43. The van der Waals surface area contributed by atoms with Crippen molar-refractivity contribution in [2.75, 3.05) is 6.26 Å². The van der Waals surface area contributed by atoms with Crippen molar-refractivity contribution in [2.24, 2.45) is 5.92 Å². The molecule has 0 aliphatic heterocycles. The zero-order valence-electron chi connectivity index (χ0n) is 12.7. The van der Waals surface area contributed by atoms with Crippen LogP contribution in [0.25, 0.3) is 0 Å². The molecule has 0 amide bonds. The molecule has 0 spiro atoms. The molecule has 1 fully saturated rings. The predicted octanol–water partition coefficient (Wildman–Crippen LogP) is 3.25. The largest absolute Gasteiger partial charge is 0.478 e. The number of sulfone groups is 1. The quantitative estimate of drug-likeness (QED) is 0.926. The average Bonchev–Trinajstić information content (AvgIpc) is 2.81. The minimum Gasteiger partial charge on any atom is -0.478 e. The third-order valence-corrected chi connectivity index (χ3v) is 5.73. The maximum absolute atomic E-state index is 12.3. The molecule has 21 heavy (non-hydrogen) atoms. The summed E-state index contributed by atoms with van der Waals surface area (Å²) in [7, 11) is -3.46. The van der Waals surface area contributed by atoms with Crippen LogP contribution >= 0.6 is 0 Å². The summed E-state index contributed by atoms with van der Waals surface area (Å²) in [5.41, 5.74) is 1.36. The van der Waals surface area contributed by atoms with Crippen molar-refractivity contribution in [3.8, 4) is 0 Å². The van der Waals surface area contributed by atoms with Gasteiger partial charge in [-0.1, -0.05) is 32.8 Å². The van der Waals surface area contributed by atoms with E-state index in [4.69, 9.17) is 0 Å². The lowest BCUT2D eigenvalue weighted by atomic mass is 9.87. The minimum absolute atomic E-state index is 0.104. The number of carbonyl (C=O) groups is 1. The molecule has 0 radical (unpaired) electrons. The van der Waals surface area contributed by atoms with Crippen LogP contribution < -0.4 is 0 Å². The summed E-state index contributed by atoms with van der Waals surface area (Å²) in [4.78, 5) is 11.6. The van der Waals surface area contributed by atoms with Gasteiger partial charge in [0.25, 0.3) is 0 Å². The van der Waals surface area contributed by atoms with Gasteiger partial charge in [-0.05, 0) is 41.9 Å². The number of benzene rings is 1. The van der Waals surface area contributed by atoms with Crippen molar-refractivity contribution >= 4 is 15.8 Å². The monoisotopic (exact) mass is 310 g/mol. The summed E-state index contributed by atoms with van der Waals surface area (Å²) in [6.07, 6.45) is 4.74. The van der Waals surface area contributed by atoms with E-state index in [9.17, 15) is 18.3 Å². The molecule has 1 aromatic rings. The van der Waals surface area contributed by atoms with E-state index in [1.54, 1.807) is 19.1 Å². The molecule has 1 aromatic carbocycles. The van der Waals surface area contributed by atoms with E-state index in [1.165, 1.54) is 6.26 Å². The molecular weight excluding hydrogens is 288 g/mol. The van der Waals surface area contributed by atoms with E-state index >= 15 is 0 Å². The van der Waals surface area contributed by atoms with E-state index in [0.29, 0.717) is 17.9 Å². The maximum Gasteiger partial charge on any atom is 0.336 e. The van der Waals surface area contributed by atoms with Crippen molar-refractivity contribution in [3.63, 3.8) is 0 Å². The number of hydrogen-bond acceptors (Lipinski definition) is 3. The maximum atomic E-state index is 12.3. The number of aromatic carboxylic acids is 1. The Balaban J connectivity index is 2.74. The van der Waals surface area contributed by atoms with Gasteiger partial charge in [0.1, 0.15) is 0 Å². The van der Waals surface area contributed by atoms with Gasteiger partial charge in [0.2, 0.25) is 0 Å². The van der Waals surface area contributed by atoms with Gasteiger partial charge in [-0.3, -0.25) is 0 Å². The zero-order chi connectivity index (χ0) is 15.8. The smallest absolute Gasteiger partial charge is 0.336 e. The van der Waals surface area contributed by atoms with E-state index in [0.717, 1.165) is 24.8 Å². The van der Waals surface area contributed by atoms with Crippen LogP contribution in [0.5, 0.6) is 0 Å². The van der Waals surface area contributed by atoms with E-state index in [1.807, 2.05) is 0 Å². The van der Waals surface area contributed by atoms with E-state index in [2.05, 4.69) is 6.92 Å². The van der Waals surface area contributed by atoms with Crippen LogP contribution in [0, 0.1) is 5.92 Å². The molecule has 1 aliphatic rings. The van der Waals surface area contributed by atoms with Crippen LogP contribution in [0.4, 0.5) is 0 Å². The third-order valence-electron chi connectivity index (χ3n) is 4.51. The Morgan fingerprint density at radius 2 is 2.00 bits per heavy atom. The second-order valence-corrected chi connectivity index (χ2v) is 7.91. The molecule has 1 N–H and O–H groups in total. The standard InChI is InChI=1S/C16H22O4S/c1-4-11-14(16(17)18)9-8-13(15(11)21(3,19)20)12-7-5-6-10(12)2/h8-10,12H,4-7H2,1-3H3,(H,17,18). The fourth-order valence-corrected chi connectivity index (χ4v) is 4.88. The Morgan fingerprint density at radius 3 is 2.43 bits per heavy atom. The highest BCUT2D eigenvalue weighted by molar-refractivity contribution is 7.90. The fraction of sp³-hybridized carbons (Fsp3) is 0.562. The van der Waals surface area contributed by atoms with Crippen molar-refractivity contribution in [1.82, 2.24) is 0 Å². The Hall–Kier alpha value is -1.36. The SMILES string of the molecule is CCc1c(C(=O)O)ccc(C2CCCC2C)c1S(C)(=O)=O. The summed E-state index contributed by atoms with van der Waals surface area (Å²) in [5.74, 6) is -0.420. The first-order valence-electron chi connectivity index (χ1n) is 7.36. The summed E-state index contributed by atoms with van der Waals surface area (Å²) in [6, 6.07) is 3.28. The molecule has 0 bridgehead atoms. The Bertz CT molecular complexity index is 661. The molecule has 2 atom stereocenters. The van der Waals surface area contributed by atoms with Gasteiger partial charge in [0.15, 0.2) is 9.84 Å². The summed E-state index contributed by atoms with van der Waals surface area (Å²) in [6.45, 7) is 3.94. The van der Waals surface area contributed by atoms with Crippen LogP contribution in [0.1, 0.15) is 60.5 Å². The second kappa shape index (κ2) is 5.79. The molecule has 2 unspecified atom stereocenters. The molecule has 5 heteroatoms. The fourth-order valence-electron chi connectivity index (χ4n) is 3.53. The Morgan fingerprint density at radius 1 is 1.33 bits per heavy atom. The van der Waals surface area contributed by atoms with Gasteiger partial charge in [0, 0.05) is 6.26 Å². The molecular formula is C16H22O4S. The summed E-state index contributed by atoms with van der Waals surface area (Å²) >= 11 is 0. The Labute approximate surface area is 126 Å². The van der Waals surface area contributed by atoms with E-state index < -0.39 is 15.8 Å². The first-order chi connectivity index (χ1) is 9.77. The highest BCUT2D eigenvalue weighted by Gasteiger charge is 2.31. The van der Waals surface area contributed by atoms with Crippen LogP contribution in [0.3, 0.4) is 0 Å². The first-order valence-corrected chi connectivity index (χ1v) is 9.25. The molecule has 116 valence electrons. The molecule has 4 nitrogen and oxygen atoms in total. The van der Waals surface area contributed by atoms with Crippen molar-refractivity contribution in [3.05, 3.63) is 28.8 Å². The van der Waals surface area contributed by atoms with Gasteiger partial charge in [-0.15, -0.1) is 0 Å². The summed E-state index contributed by atoms with van der Waals surface area (Å²) < 4.78 is 24.6. The van der Waals surface area contributed by atoms with Crippen molar-refractivity contribution in [2.45, 2.75) is 50.3 Å². The first kappa shape index (κ1) is 16.0. The van der Waals surface area contributed by atoms with Gasteiger partial charge >= 0.3 is 5.97 Å². The van der Waals surface area contributed by atoms with Gasteiger partial charge in [-0.2, -0.15) is 0 Å². The number of hydrogen-bond donors (Lipinski definition) is 1. The van der Waals surface area contributed by atoms with Gasteiger partial charge in [0.05, 0.1) is 10.5 Å². The molecule has 0 saturated heterocycles. The third kappa shape index (κ3) is 2.98. The molecule has 0 heterocycles. The van der Waals surface area contributed by atoms with Crippen LogP contribution in [-0.4, -0.2) is 25.7 Å². The van der Waals surface area contributed by atoms with Gasteiger partial charge < -0.3 is 5.11 Å². The Kier molecular flexibility index (Phi) is 4.42. The minimum atomic E-state index is -3.46. The van der Waals surface area contributed by atoms with Crippen LogP contribution in [0.15, 0.2) is 17.0 Å². The zero-order valence-corrected chi connectivity index (χ0v) is 13.5. The number of rotatable bonds is 4. The van der Waals surface area contributed by atoms with E-state index in [-0.39, 0.29) is 16.4 Å². The predicted molar refractivity (Wildman–Crippen MR) is 81.6 cm³/mol. The van der Waals surface area contributed by atoms with Gasteiger partial charge in [-0.25, -0.2) is 13.2 Å². The molecule has 0 aromatic heterocycles. The molecule has 1 saturated carbocycles. The second-order valence-electron chi connectivity index (χ2n) is 5.96. The number of carboxylic acids is 1. The lowest BCUT2D eigenvalue weighted by Crippen LogP contribution is -2.15. The average molecular weight is 310 g/mol. The molecule has 2 rings (SSSR count). The summed E-state index contributed by atoms with van der Waals surface area (Å²) in [5, 5.41) is 9.30. The van der Waals surface area contributed by atoms with Crippen LogP contribution in [-0.2, 0) is 16.3 Å². The lowest BCUT2D eigenvalue weighted by Gasteiger charge is -2.22. The van der Waals surface area contributed by atoms with Crippen molar-refractivity contribution < 1.29 is 18.3 Å². The van der Waals surface area contributed by atoms with Crippen molar-refractivity contribution in [1.29, 1.82) is 0 Å². The number of carboxylic acid groups (broad SMARTS) is 1. The normalized spacial score (nSPS) is 22.4. The lowest BCUT2D eigenvalue weighted by molar-refractivity contribution is 0.0695. The highest BCUT2D eigenvalue weighted by atomic mass is 32.2. The molecule has 1 aliphatic carbocycles.